The second-order valence-corrected chi connectivity index (χ2v) is 7.04. The number of aryl methyl sites for hydroxylation is 1. The van der Waals surface area contributed by atoms with Crippen LogP contribution in [0.5, 0.6) is 0 Å². The first-order chi connectivity index (χ1) is 8.51. The summed E-state index contributed by atoms with van der Waals surface area (Å²) >= 11 is 14.0. The predicted octanol–water partition coefficient (Wildman–Crippen LogP) is 7.02. The molecule has 18 heavy (non-hydrogen) atoms. The van der Waals surface area contributed by atoms with Crippen molar-refractivity contribution in [1.29, 1.82) is 0 Å². The third-order valence-electron chi connectivity index (χ3n) is 3.31. The van der Waals surface area contributed by atoms with Crippen molar-refractivity contribution in [2.24, 2.45) is 5.92 Å². The molecule has 1 aromatic carbocycles. The second kappa shape index (κ2) is 7.91. The molecule has 3 heteroatoms. The van der Waals surface area contributed by atoms with E-state index in [4.69, 9.17) is 11.6 Å². The van der Waals surface area contributed by atoms with Crippen LogP contribution in [0, 0.1) is 12.8 Å². The lowest BCUT2D eigenvalue weighted by Gasteiger charge is -2.23. The molecule has 1 atom stereocenters. The van der Waals surface area contributed by atoms with Crippen molar-refractivity contribution in [3.8, 4) is 0 Å². The van der Waals surface area contributed by atoms with E-state index in [-0.39, 0.29) is 5.38 Å². The molecule has 0 heterocycles. The molecule has 1 aromatic rings. The van der Waals surface area contributed by atoms with E-state index >= 15 is 0 Å². The van der Waals surface area contributed by atoms with Crippen molar-refractivity contribution in [3.05, 3.63) is 32.2 Å². The number of rotatable bonds is 6. The lowest BCUT2D eigenvalue weighted by Crippen LogP contribution is -2.09. The van der Waals surface area contributed by atoms with Crippen molar-refractivity contribution in [1.82, 2.24) is 0 Å². The van der Waals surface area contributed by atoms with Gasteiger partial charge in [-0.3, -0.25) is 0 Å². The Morgan fingerprint density at radius 3 is 2.11 bits per heavy atom. The van der Waals surface area contributed by atoms with Crippen LogP contribution in [-0.4, -0.2) is 0 Å². The van der Waals surface area contributed by atoms with Crippen LogP contribution >= 0.6 is 43.5 Å². The van der Waals surface area contributed by atoms with Crippen molar-refractivity contribution in [2.45, 2.75) is 51.8 Å². The van der Waals surface area contributed by atoms with Gasteiger partial charge >= 0.3 is 0 Å². The zero-order valence-electron chi connectivity index (χ0n) is 11.3. The van der Waals surface area contributed by atoms with Gasteiger partial charge in [0, 0.05) is 8.95 Å². The minimum absolute atomic E-state index is 0.0937. The Morgan fingerprint density at radius 2 is 1.61 bits per heavy atom. The molecule has 0 aliphatic rings. The van der Waals surface area contributed by atoms with E-state index < -0.39 is 0 Å². The Morgan fingerprint density at radius 1 is 1.06 bits per heavy atom. The average molecular weight is 397 g/mol. The highest BCUT2D eigenvalue weighted by Crippen LogP contribution is 2.40. The normalized spacial score (nSPS) is 13.1. The predicted molar refractivity (Wildman–Crippen MR) is 88.5 cm³/mol. The minimum atomic E-state index is 0.0937. The Kier molecular flexibility index (Phi) is 7.27. The topological polar surface area (TPSA) is 0 Å². The number of hydrogen-bond acceptors (Lipinski definition) is 0. The summed E-state index contributed by atoms with van der Waals surface area (Å²) in [6.07, 6.45) is 4.77. The summed E-state index contributed by atoms with van der Waals surface area (Å²) < 4.78 is 2.26. The van der Waals surface area contributed by atoms with Crippen LogP contribution in [0.3, 0.4) is 0 Å². The maximum absolute atomic E-state index is 6.71. The SMILES string of the molecule is CCCC(CCC)C(Cl)c1cc(Br)c(C)cc1Br. The summed E-state index contributed by atoms with van der Waals surface area (Å²) in [6.45, 7) is 6.55. The first kappa shape index (κ1) is 16.5. The number of halogens is 3. The molecule has 1 rings (SSSR count). The van der Waals surface area contributed by atoms with Gasteiger partial charge in [0.2, 0.25) is 0 Å². The van der Waals surface area contributed by atoms with E-state index in [1.165, 1.54) is 36.8 Å². The molecular weight excluding hydrogens is 375 g/mol. The third-order valence-corrected chi connectivity index (χ3v) is 5.44. The third kappa shape index (κ3) is 4.25. The largest absolute Gasteiger partial charge is 0.117 e. The van der Waals surface area contributed by atoms with Gasteiger partial charge in [0.1, 0.15) is 0 Å². The smallest absolute Gasteiger partial charge is 0.0624 e. The van der Waals surface area contributed by atoms with E-state index in [0.29, 0.717) is 5.92 Å². The van der Waals surface area contributed by atoms with E-state index in [1.807, 2.05) is 0 Å². The van der Waals surface area contributed by atoms with Crippen molar-refractivity contribution >= 4 is 43.5 Å². The van der Waals surface area contributed by atoms with Gasteiger partial charge in [-0.05, 0) is 48.9 Å². The van der Waals surface area contributed by atoms with Crippen LogP contribution < -0.4 is 0 Å². The van der Waals surface area contributed by atoms with Gasteiger partial charge in [-0.1, -0.05) is 58.5 Å². The molecule has 0 nitrogen and oxygen atoms in total. The molecule has 0 saturated carbocycles. The molecule has 1 unspecified atom stereocenters. The second-order valence-electron chi connectivity index (χ2n) is 4.86. The molecule has 0 radical (unpaired) electrons. The molecule has 0 aliphatic heterocycles. The first-order valence-corrected chi connectivity index (χ1v) is 8.63. The monoisotopic (exact) mass is 394 g/mol. The van der Waals surface area contributed by atoms with Gasteiger partial charge in [0.15, 0.2) is 0 Å². The van der Waals surface area contributed by atoms with Crippen LogP contribution in [-0.2, 0) is 0 Å². The Hall–Kier alpha value is 0.470. The van der Waals surface area contributed by atoms with Gasteiger partial charge in [-0.15, -0.1) is 11.6 Å². The Bertz CT molecular complexity index is 384. The Labute approximate surface area is 133 Å². The quantitative estimate of drug-likeness (QED) is 0.453. The molecule has 0 spiro atoms. The molecular formula is C15H21Br2Cl. The van der Waals surface area contributed by atoms with E-state index in [2.05, 4.69) is 64.8 Å². The highest BCUT2D eigenvalue weighted by Gasteiger charge is 2.22. The van der Waals surface area contributed by atoms with Gasteiger partial charge in [-0.25, -0.2) is 0 Å². The number of hydrogen-bond donors (Lipinski definition) is 0. The molecule has 0 fully saturated rings. The zero-order chi connectivity index (χ0) is 13.7. The van der Waals surface area contributed by atoms with Crippen molar-refractivity contribution < 1.29 is 0 Å². The van der Waals surface area contributed by atoms with Gasteiger partial charge in [0.25, 0.3) is 0 Å². The lowest BCUT2D eigenvalue weighted by molar-refractivity contribution is 0.425. The summed E-state index contributed by atoms with van der Waals surface area (Å²) in [6, 6.07) is 4.30. The standard InChI is InChI=1S/C15H21Br2Cl/c1-4-6-11(7-5-2)15(18)12-9-13(16)10(3)8-14(12)17/h8-9,11,15H,4-7H2,1-3H3. The number of alkyl halides is 1. The zero-order valence-corrected chi connectivity index (χ0v) is 15.2. The van der Waals surface area contributed by atoms with Gasteiger partial charge < -0.3 is 0 Å². The van der Waals surface area contributed by atoms with E-state index in [9.17, 15) is 0 Å². The highest BCUT2D eigenvalue weighted by atomic mass is 79.9. The molecule has 0 amide bonds. The maximum Gasteiger partial charge on any atom is 0.0624 e. The lowest BCUT2D eigenvalue weighted by atomic mass is 9.90. The van der Waals surface area contributed by atoms with Gasteiger partial charge in [-0.2, -0.15) is 0 Å². The van der Waals surface area contributed by atoms with Crippen molar-refractivity contribution in [3.63, 3.8) is 0 Å². The summed E-state index contributed by atoms with van der Waals surface area (Å²) in [7, 11) is 0. The fraction of sp³-hybridized carbons (Fsp3) is 0.600. The van der Waals surface area contributed by atoms with Crippen LogP contribution in [0.2, 0.25) is 0 Å². The van der Waals surface area contributed by atoms with Crippen LogP contribution in [0.25, 0.3) is 0 Å². The molecule has 0 N–H and O–H groups in total. The van der Waals surface area contributed by atoms with E-state index in [1.54, 1.807) is 0 Å². The molecule has 0 aliphatic carbocycles. The fourth-order valence-electron chi connectivity index (χ4n) is 2.31. The van der Waals surface area contributed by atoms with Gasteiger partial charge in [0.05, 0.1) is 5.38 Å². The summed E-state index contributed by atoms with van der Waals surface area (Å²) in [5.74, 6) is 0.563. The van der Waals surface area contributed by atoms with Crippen LogP contribution in [0.1, 0.15) is 56.0 Å². The summed E-state index contributed by atoms with van der Waals surface area (Å²) in [4.78, 5) is 0. The minimum Gasteiger partial charge on any atom is -0.117 e. The van der Waals surface area contributed by atoms with Crippen LogP contribution in [0.15, 0.2) is 21.1 Å². The molecule has 0 aromatic heterocycles. The van der Waals surface area contributed by atoms with Crippen LogP contribution in [0.4, 0.5) is 0 Å². The number of benzene rings is 1. The molecule has 102 valence electrons. The first-order valence-electron chi connectivity index (χ1n) is 6.60. The molecule has 0 bridgehead atoms. The van der Waals surface area contributed by atoms with Crippen molar-refractivity contribution in [2.75, 3.05) is 0 Å². The van der Waals surface area contributed by atoms with E-state index in [0.717, 1.165) is 8.95 Å². The average Bonchev–Trinajstić information content (AvgIpc) is 2.33. The molecule has 0 saturated heterocycles. The highest BCUT2D eigenvalue weighted by molar-refractivity contribution is 9.11. The fourth-order valence-corrected chi connectivity index (χ4v) is 3.94. The summed E-state index contributed by atoms with van der Waals surface area (Å²) in [5, 5.41) is 0.0937. The summed E-state index contributed by atoms with van der Waals surface area (Å²) in [5.41, 5.74) is 2.44. The Balaban J connectivity index is 3.00. The maximum atomic E-state index is 6.71.